The van der Waals surface area contributed by atoms with E-state index in [0.717, 1.165) is 13.0 Å². The smallest absolute Gasteiger partial charge is 0.257 e. The Morgan fingerprint density at radius 1 is 0.967 bits per heavy atom. The maximum Gasteiger partial charge on any atom is 0.257 e. The highest BCUT2D eigenvalue weighted by Gasteiger charge is 2.24. The van der Waals surface area contributed by atoms with Gasteiger partial charge in [-0.2, -0.15) is 5.10 Å². The summed E-state index contributed by atoms with van der Waals surface area (Å²) in [5.41, 5.74) is 2.07. The number of carbonyl (C=O) groups is 1. The Balaban J connectivity index is 1.46. The van der Waals surface area contributed by atoms with Crippen LogP contribution in [0.5, 0.6) is 0 Å². The van der Waals surface area contributed by atoms with Crippen molar-refractivity contribution in [2.75, 3.05) is 26.2 Å². The van der Waals surface area contributed by atoms with Crippen molar-refractivity contribution in [3.8, 4) is 5.69 Å². The minimum atomic E-state index is -0.388. The van der Waals surface area contributed by atoms with Gasteiger partial charge in [0.2, 0.25) is 0 Å². The molecular formula is C23H24F2N4O. The summed E-state index contributed by atoms with van der Waals surface area (Å²) in [5.74, 6) is -0.699. The predicted octanol–water partition coefficient (Wildman–Crippen LogP) is 3.81. The number of para-hydroxylation sites is 1. The summed E-state index contributed by atoms with van der Waals surface area (Å²) in [7, 11) is 0. The third-order valence-corrected chi connectivity index (χ3v) is 5.55. The van der Waals surface area contributed by atoms with Gasteiger partial charge in [-0.05, 0) is 31.5 Å². The SMILES string of the molecule is Cc1c(C(=O)N2CCCN(Cc3ccccc3F)CC2)cnn1-c1ccccc1F. The van der Waals surface area contributed by atoms with E-state index in [1.165, 1.54) is 23.0 Å². The van der Waals surface area contributed by atoms with Crippen LogP contribution in [-0.2, 0) is 6.54 Å². The Labute approximate surface area is 174 Å². The molecule has 0 saturated carbocycles. The van der Waals surface area contributed by atoms with E-state index in [1.807, 2.05) is 6.07 Å². The van der Waals surface area contributed by atoms with E-state index in [-0.39, 0.29) is 17.5 Å². The number of aromatic nitrogens is 2. The highest BCUT2D eigenvalue weighted by Crippen LogP contribution is 2.19. The predicted molar refractivity (Wildman–Crippen MR) is 110 cm³/mol. The lowest BCUT2D eigenvalue weighted by atomic mass is 10.2. The first kappa shape index (κ1) is 20.2. The first-order valence-corrected chi connectivity index (χ1v) is 10.1. The van der Waals surface area contributed by atoms with E-state index in [1.54, 1.807) is 42.2 Å². The topological polar surface area (TPSA) is 41.4 Å². The molecular weight excluding hydrogens is 386 g/mol. The maximum absolute atomic E-state index is 14.1. The number of amides is 1. The number of carbonyl (C=O) groups excluding carboxylic acids is 1. The van der Waals surface area contributed by atoms with E-state index in [2.05, 4.69) is 10.00 Å². The molecule has 0 N–H and O–H groups in total. The molecule has 0 atom stereocenters. The molecule has 5 nitrogen and oxygen atoms in total. The second kappa shape index (κ2) is 8.75. The van der Waals surface area contributed by atoms with Crippen molar-refractivity contribution in [1.82, 2.24) is 19.6 Å². The average molecular weight is 410 g/mol. The van der Waals surface area contributed by atoms with Gasteiger partial charge in [0.1, 0.15) is 17.3 Å². The quantitative estimate of drug-likeness (QED) is 0.657. The molecule has 2 aromatic carbocycles. The number of hydrogen-bond acceptors (Lipinski definition) is 3. The van der Waals surface area contributed by atoms with Crippen LogP contribution in [0, 0.1) is 18.6 Å². The molecule has 2 heterocycles. The highest BCUT2D eigenvalue weighted by molar-refractivity contribution is 5.95. The summed E-state index contributed by atoms with van der Waals surface area (Å²) in [6, 6.07) is 13.1. The maximum atomic E-state index is 14.1. The number of nitrogens with zero attached hydrogens (tertiary/aromatic N) is 4. The molecule has 0 spiro atoms. The van der Waals surface area contributed by atoms with Gasteiger partial charge in [-0.3, -0.25) is 9.69 Å². The van der Waals surface area contributed by atoms with Crippen LogP contribution in [0.1, 0.15) is 28.0 Å². The zero-order valence-electron chi connectivity index (χ0n) is 16.9. The van der Waals surface area contributed by atoms with Crippen molar-refractivity contribution in [3.05, 3.63) is 83.2 Å². The van der Waals surface area contributed by atoms with Crippen LogP contribution in [0.4, 0.5) is 8.78 Å². The van der Waals surface area contributed by atoms with Crippen LogP contribution in [0.15, 0.2) is 54.7 Å². The van der Waals surface area contributed by atoms with Gasteiger partial charge in [0, 0.05) is 38.3 Å². The lowest BCUT2D eigenvalue weighted by molar-refractivity contribution is 0.0760. The molecule has 3 aromatic rings. The molecule has 1 saturated heterocycles. The molecule has 30 heavy (non-hydrogen) atoms. The van der Waals surface area contributed by atoms with Gasteiger partial charge >= 0.3 is 0 Å². The van der Waals surface area contributed by atoms with Crippen LogP contribution in [0.25, 0.3) is 5.69 Å². The van der Waals surface area contributed by atoms with Crippen LogP contribution >= 0.6 is 0 Å². The minimum Gasteiger partial charge on any atom is -0.337 e. The zero-order valence-corrected chi connectivity index (χ0v) is 16.9. The molecule has 4 rings (SSSR count). The van der Waals surface area contributed by atoms with Crippen molar-refractivity contribution in [2.45, 2.75) is 19.9 Å². The summed E-state index contributed by atoms with van der Waals surface area (Å²) in [6.45, 7) is 4.94. The number of hydrogen-bond donors (Lipinski definition) is 0. The van der Waals surface area contributed by atoms with Gasteiger partial charge in [0.05, 0.1) is 17.5 Å². The van der Waals surface area contributed by atoms with Crippen molar-refractivity contribution in [2.24, 2.45) is 0 Å². The Bertz CT molecular complexity index is 1050. The van der Waals surface area contributed by atoms with Crippen molar-refractivity contribution < 1.29 is 13.6 Å². The second-order valence-electron chi connectivity index (χ2n) is 7.52. The molecule has 0 bridgehead atoms. The Morgan fingerprint density at radius 2 is 1.70 bits per heavy atom. The van der Waals surface area contributed by atoms with Gasteiger partial charge < -0.3 is 4.90 Å². The summed E-state index contributed by atoms with van der Waals surface area (Å²) in [4.78, 5) is 17.1. The molecule has 1 aliphatic rings. The molecule has 1 aliphatic heterocycles. The van der Waals surface area contributed by atoms with E-state index in [9.17, 15) is 13.6 Å². The molecule has 1 fully saturated rings. The lowest BCUT2D eigenvalue weighted by Crippen LogP contribution is -2.35. The van der Waals surface area contributed by atoms with Crippen LogP contribution in [-0.4, -0.2) is 51.7 Å². The summed E-state index contributed by atoms with van der Waals surface area (Å²) >= 11 is 0. The van der Waals surface area contributed by atoms with Crippen molar-refractivity contribution >= 4 is 5.91 Å². The summed E-state index contributed by atoms with van der Waals surface area (Å²) in [5, 5.41) is 4.24. The molecule has 7 heteroatoms. The first-order chi connectivity index (χ1) is 14.5. The van der Waals surface area contributed by atoms with Crippen molar-refractivity contribution in [3.63, 3.8) is 0 Å². The largest absolute Gasteiger partial charge is 0.337 e. The first-order valence-electron chi connectivity index (χ1n) is 10.1. The summed E-state index contributed by atoms with van der Waals surface area (Å²) in [6.07, 6.45) is 2.31. The number of halogens is 2. The fraction of sp³-hybridized carbons (Fsp3) is 0.304. The van der Waals surface area contributed by atoms with E-state index >= 15 is 0 Å². The Morgan fingerprint density at radius 3 is 2.47 bits per heavy atom. The molecule has 0 aliphatic carbocycles. The Kier molecular flexibility index (Phi) is 5.90. The normalized spacial score (nSPS) is 15.2. The lowest BCUT2D eigenvalue weighted by Gasteiger charge is -2.22. The highest BCUT2D eigenvalue weighted by atomic mass is 19.1. The van der Waals surface area contributed by atoms with Crippen molar-refractivity contribution in [1.29, 1.82) is 0 Å². The number of benzene rings is 2. The molecule has 0 unspecified atom stereocenters. The molecule has 1 amide bonds. The fourth-order valence-corrected chi connectivity index (χ4v) is 3.86. The van der Waals surface area contributed by atoms with Gasteiger partial charge in [-0.15, -0.1) is 0 Å². The van der Waals surface area contributed by atoms with E-state index in [0.29, 0.717) is 48.7 Å². The fourth-order valence-electron chi connectivity index (χ4n) is 3.86. The van der Waals surface area contributed by atoms with Gasteiger partial charge in [0.25, 0.3) is 5.91 Å². The number of rotatable bonds is 4. The minimum absolute atomic E-state index is 0.108. The van der Waals surface area contributed by atoms with Crippen LogP contribution in [0.2, 0.25) is 0 Å². The molecule has 156 valence electrons. The third kappa shape index (κ3) is 4.11. The van der Waals surface area contributed by atoms with E-state index < -0.39 is 0 Å². The monoisotopic (exact) mass is 410 g/mol. The van der Waals surface area contributed by atoms with E-state index in [4.69, 9.17) is 0 Å². The van der Waals surface area contributed by atoms with Crippen LogP contribution in [0.3, 0.4) is 0 Å². The Hall–Kier alpha value is -3.06. The third-order valence-electron chi connectivity index (χ3n) is 5.55. The molecule has 1 aromatic heterocycles. The van der Waals surface area contributed by atoms with Crippen LogP contribution < -0.4 is 0 Å². The molecule has 0 radical (unpaired) electrons. The average Bonchev–Trinajstić information content (AvgIpc) is 2.96. The van der Waals surface area contributed by atoms with Gasteiger partial charge in [0.15, 0.2) is 0 Å². The van der Waals surface area contributed by atoms with Gasteiger partial charge in [-0.25, -0.2) is 13.5 Å². The second-order valence-corrected chi connectivity index (χ2v) is 7.52. The summed E-state index contributed by atoms with van der Waals surface area (Å²) < 4.78 is 29.6. The standard InChI is InChI=1S/C23H24F2N4O/c1-17-19(15-26-29(17)22-10-5-4-9-21(22)25)23(30)28-12-6-11-27(13-14-28)16-18-7-2-3-8-20(18)24/h2-5,7-10,15H,6,11-14,16H2,1H3. The zero-order chi connectivity index (χ0) is 21.1. The van der Waals surface area contributed by atoms with Gasteiger partial charge in [-0.1, -0.05) is 30.3 Å².